The molecule has 1 atom stereocenters. The van der Waals surface area contributed by atoms with Crippen molar-refractivity contribution in [2.75, 3.05) is 26.9 Å². The maximum Gasteiger partial charge on any atom is 0.400 e. The summed E-state index contributed by atoms with van der Waals surface area (Å²) < 4.78 is 29.8. The van der Waals surface area contributed by atoms with Crippen LogP contribution in [-0.2, 0) is 18.8 Å². The van der Waals surface area contributed by atoms with Gasteiger partial charge in [0, 0.05) is 0 Å². The third-order valence-corrected chi connectivity index (χ3v) is 1.80. The molecule has 0 bridgehead atoms. The number of rotatable bonds is 7. The first-order valence-corrected chi connectivity index (χ1v) is 5.36. The highest BCUT2D eigenvalue weighted by Crippen LogP contribution is 1.97. The van der Waals surface area contributed by atoms with Crippen LogP contribution in [0.3, 0.4) is 0 Å². The van der Waals surface area contributed by atoms with Gasteiger partial charge in [0.25, 0.3) is 0 Å². The predicted octanol–water partition coefficient (Wildman–Crippen LogP) is -1.62. The summed E-state index contributed by atoms with van der Waals surface area (Å²) in [7, 11) is -2.59. The van der Waals surface area contributed by atoms with E-state index in [1.165, 1.54) is 13.1 Å². The van der Waals surface area contributed by atoms with Crippen molar-refractivity contribution < 1.29 is 27.0 Å². The van der Waals surface area contributed by atoms with Crippen LogP contribution in [0, 0.1) is 0 Å². The molecular weight excluding hydrogens is 226 g/mol. The lowest BCUT2D eigenvalue weighted by atomic mass is 10.4. The van der Waals surface area contributed by atoms with Crippen LogP contribution in [0.2, 0.25) is 0 Å². The van der Waals surface area contributed by atoms with E-state index in [4.69, 9.17) is 10.2 Å². The lowest BCUT2D eigenvalue weighted by Crippen LogP contribution is -2.23. The summed E-state index contributed by atoms with van der Waals surface area (Å²) in [6, 6.07) is 0. The molecule has 8 heteroatoms. The van der Waals surface area contributed by atoms with Crippen molar-refractivity contribution in [1.29, 1.82) is 0 Å². The molecule has 0 aromatic heterocycles. The van der Waals surface area contributed by atoms with Gasteiger partial charge in [0.05, 0.1) is 19.8 Å². The first-order chi connectivity index (χ1) is 7.02. The Labute approximate surface area is 89.4 Å². The molecule has 0 heterocycles. The van der Waals surface area contributed by atoms with Crippen molar-refractivity contribution in [3.8, 4) is 0 Å². The molecule has 0 fully saturated rings. The topological polar surface area (TPSA) is 119 Å². The standard InChI is InChI=1S/C6H12O6S.CH5N/c1-2-3-11-13(9,10)12-5-6(8)4-7;1-2/h2,6-8H,1,3-5H2;2H2,1H3. The Morgan fingerprint density at radius 1 is 1.47 bits per heavy atom. The monoisotopic (exact) mass is 243 g/mol. The molecule has 1 unspecified atom stereocenters. The van der Waals surface area contributed by atoms with Crippen LogP contribution in [-0.4, -0.2) is 51.6 Å². The van der Waals surface area contributed by atoms with Gasteiger partial charge in [-0.1, -0.05) is 6.08 Å². The Hall–Kier alpha value is -0.510. The summed E-state index contributed by atoms with van der Waals surface area (Å²) in [5.74, 6) is 0. The molecule has 15 heavy (non-hydrogen) atoms. The summed E-state index contributed by atoms with van der Waals surface area (Å²) in [6.45, 7) is 1.94. The third kappa shape index (κ3) is 11.4. The van der Waals surface area contributed by atoms with Crippen molar-refractivity contribution >= 4 is 10.4 Å². The van der Waals surface area contributed by atoms with Gasteiger partial charge in [-0.25, -0.2) is 8.37 Å². The smallest absolute Gasteiger partial charge is 0.394 e. The molecule has 0 aromatic carbocycles. The van der Waals surface area contributed by atoms with Crippen LogP contribution in [0.4, 0.5) is 0 Å². The Balaban J connectivity index is 0. The van der Waals surface area contributed by atoms with E-state index in [0.29, 0.717) is 0 Å². The maximum atomic E-state index is 10.7. The Bertz CT molecular complexity index is 240. The molecule has 0 saturated carbocycles. The van der Waals surface area contributed by atoms with Gasteiger partial charge < -0.3 is 15.9 Å². The van der Waals surface area contributed by atoms with Crippen molar-refractivity contribution in [3.63, 3.8) is 0 Å². The number of nitrogens with two attached hydrogens (primary N) is 1. The highest BCUT2D eigenvalue weighted by molar-refractivity contribution is 7.81. The number of hydrogen-bond acceptors (Lipinski definition) is 7. The normalized spacial score (nSPS) is 12.5. The Kier molecular flexibility index (Phi) is 11.3. The molecular formula is C7H17NO6S. The molecule has 0 aromatic rings. The fraction of sp³-hybridized carbons (Fsp3) is 0.714. The fourth-order valence-electron chi connectivity index (χ4n) is 0.380. The second kappa shape index (κ2) is 10.0. The minimum atomic E-state index is -4.09. The predicted molar refractivity (Wildman–Crippen MR) is 54.2 cm³/mol. The van der Waals surface area contributed by atoms with Gasteiger partial charge >= 0.3 is 10.4 Å². The van der Waals surface area contributed by atoms with E-state index in [1.807, 2.05) is 0 Å². The zero-order valence-corrected chi connectivity index (χ0v) is 9.31. The second-order valence-electron chi connectivity index (χ2n) is 2.10. The fourth-order valence-corrected chi connectivity index (χ4v) is 1.03. The van der Waals surface area contributed by atoms with Crippen molar-refractivity contribution in [1.82, 2.24) is 0 Å². The molecule has 92 valence electrons. The first-order valence-electron chi connectivity index (χ1n) is 4.03. The highest BCUT2D eigenvalue weighted by Gasteiger charge is 2.13. The van der Waals surface area contributed by atoms with Gasteiger partial charge in [0.15, 0.2) is 0 Å². The zero-order valence-electron chi connectivity index (χ0n) is 8.50. The molecule has 0 spiro atoms. The van der Waals surface area contributed by atoms with Crippen LogP contribution in [0.15, 0.2) is 12.7 Å². The average Bonchev–Trinajstić information content (AvgIpc) is 2.26. The number of hydrogen-bond donors (Lipinski definition) is 3. The lowest BCUT2D eigenvalue weighted by Gasteiger charge is -2.07. The van der Waals surface area contributed by atoms with Crippen molar-refractivity contribution in [2.45, 2.75) is 6.10 Å². The molecule has 7 nitrogen and oxygen atoms in total. The minimum absolute atomic E-state index is 0.197. The summed E-state index contributed by atoms with van der Waals surface area (Å²) in [6.07, 6.45) is 0.00530. The van der Waals surface area contributed by atoms with Gasteiger partial charge in [-0.3, -0.25) is 0 Å². The SMILES string of the molecule is C=CCOS(=O)(=O)OCC(O)CO.CN. The molecule has 0 amide bonds. The molecule has 0 aliphatic rings. The molecule has 4 N–H and O–H groups in total. The molecule has 0 rings (SSSR count). The lowest BCUT2D eigenvalue weighted by molar-refractivity contribution is 0.0496. The van der Waals surface area contributed by atoms with Gasteiger partial charge in [-0.15, -0.1) is 6.58 Å². The average molecular weight is 243 g/mol. The zero-order chi connectivity index (χ0) is 12.3. The van der Waals surface area contributed by atoms with Gasteiger partial charge in [-0.05, 0) is 7.05 Å². The first kappa shape index (κ1) is 16.9. The van der Waals surface area contributed by atoms with Gasteiger partial charge in [0.1, 0.15) is 6.10 Å². The number of aliphatic hydroxyl groups excluding tert-OH is 2. The van der Waals surface area contributed by atoms with Crippen molar-refractivity contribution in [2.24, 2.45) is 5.73 Å². The molecule has 0 saturated heterocycles. The quantitative estimate of drug-likeness (QED) is 0.460. The largest absolute Gasteiger partial charge is 0.400 e. The third-order valence-electron chi connectivity index (χ3n) is 0.946. The van der Waals surface area contributed by atoms with Crippen LogP contribution >= 0.6 is 0 Å². The van der Waals surface area contributed by atoms with Crippen LogP contribution in [0.25, 0.3) is 0 Å². The molecule has 0 radical (unpaired) electrons. The van der Waals surface area contributed by atoms with E-state index in [-0.39, 0.29) is 6.61 Å². The van der Waals surface area contributed by atoms with Crippen LogP contribution < -0.4 is 5.73 Å². The van der Waals surface area contributed by atoms with E-state index in [9.17, 15) is 8.42 Å². The summed E-state index contributed by atoms with van der Waals surface area (Å²) in [4.78, 5) is 0. The van der Waals surface area contributed by atoms with E-state index < -0.39 is 29.7 Å². The summed E-state index contributed by atoms with van der Waals surface area (Å²) in [5.41, 5.74) is 4.50. The van der Waals surface area contributed by atoms with E-state index in [2.05, 4.69) is 20.7 Å². The van der Waals surface area contributed by atoms with E-state index >= 15 is 0 Å². The molecule has 0 aliphatic heterocycles. The van der Waals surface area contributed by atoms with Gasteiger partial charge in [-0.2, -0.15) is 8.42 Å². The summed E-state index contributed by atoms with van der Waals surface area (Å²) in [5, 5.41) is 17.1. The van der Waals surface area contributed by atoms with E-state index in [0.717, 1.165) is 0 Å². The van der Waals surface area contributed by atoms with E-state index in [1.54, 1.807) is 0 Å². The molecule has 0 aliphatic carbocycles. The maximum absolute atomic E-state index is 10.7. The second-order valence-corrected chi connectivity index (χ2v) is 3.39. The Morgan fingerprint density at radius 2 is 2.00 bits per heavy atom. The summed E-state index contributed by atoms with van der Waals surface area (Å²) >= 11 is 0. The van der Waals surface area contributed by atoms with Crippen LogP contribution in [0.1, 0.15) is 0 Å². The number of aliphatic hydroxyl groups is 2. The van der Waals surface area contributed by atoms with Crippen LogP contribution in [0.5, 0.6) is 0 Å². The van der Waals surface area contributed by atoms with Crippen molar-refractivity contribution in [3.05, 3.63) is 12.7 Å². The minimum Gasteiger partial charge on any atom is -0.394 e. The Morgan fingerprint density at radius 3 is 2.40 bits per heavy atom. The van der Waals surface area contributed by atoms with Gasteiger partial charge in [0.2, 0.25) is 0 Å². The highest BCUT2D eigenvalue weighted by atomic mass is 32.3.